The number of carbonyl (C=O) groups excluding carboxylic acids is 2. The van der Waals surface area contributed by atoms with Gasteiger partial charge in [0.1, 0.15) is 0 Å². The molecule has 2 unspecified atom stereocenters. The van der Waals surface area contributed by atoms with Crippen LogP contribution in [0.1, 0.15) is 52.6 Å². The Hall–Kier alpha value is -1.20. The van der Waals surface area contributed by atoms with E-state index in [-0.39, 0.29) is 11.7 Å². The molecule has 1 aromatic heterocycles. The van der Waals surface area contributed by atoms with Crippen LogP contribution in [-0.4, -0.2) is 41.8 Å². The van der Waals surface area contributed by atoms with Crippen molar-refractivity contribution in [2.75, 3.05) is 7.05 Å². The van der Waals surface area contributed by atoms with E-state index in [9.17, 15) is 9.59 Å². The first-order valence-corrected chi connectivity index (χ1v) is 8.05. The van der Waals surface area contributed by atoms with Gasteiger partial charge in [-0.2, -0.15) is 0 Å². The fraction of sp³-hybridized carbons (Fsp3) is 0.600. The Labute approximate surface area is 123 Å². The van der Waals surface area contributed by atoms with Gasteiger partial charge in [-0.3, -0.25) is 9.59 Å². The van der Waals surface area contributed by atoms with Gasteiger partial charge in [0.2, 0.25) is 0 Å². The van der Waals surface area contributed by atoms with Gasteiger partial charge >= 0.3 is 0 Å². The second-order valence-corrected chi connectivity index (χ2v) is 6.85. The summed E-state index contributed by atoms with van der Waals surface area (Å²) in [6.07, 6.45) is 4.56. The molecule has 1 amide bonds. The second-order valence-electron chi connectivity index (χ2n) is 5.93. The van der Waals surface area contributed by atoms with Gasteiger partial charge in [-0.1, -0.05) is 0 Å². The maximum Gasteiger partial charge on any atom is 0.263 e. The Bertz CT molecular complexity index is 528. The molecule has 3 heterocycles. The number of fused-ring (bicyclic) bond motifs is 2. The summed E-state index contributed by atoms with van der Waals surface area (Å²) in [6, 6.07) is 3.20. The fourth-order valence-electron chi connectivity index (χ4n) is 3.32. The number of ketones is 1. The van der Waals surface area contributed by atoms with Crippen LogP contribution in [0.3, 0.4) is 0 Å². The van der Waals surface area contributed by atoms with Crippen LogP contribution in [0.15, 0.2) is 11.4 Å². The first-order valence-electron chi connectivity index (χ1n) is 7.17. The Morgan fingerprint density at radius 2 is 1.95 bits per heavy atom. The molecule has 2 fully saturated rings. The van der Waals surface area contributed by atoms with E-state index in [0.29, 0.717) is 28.6 Å². The number of amides is 1. The number of thiophene rings is 1. The van der Waals surface area contributed by atoms with Gasteiger partial charge in [0.15, 0.2) is 5.78 Å². The summed E-state index contributed by atoms with van der Waals surface area (Å²) >= 11 is 1.37. The largest absolute Gasteiger partial charge is 0.338 e. The van der Waals surface area contributed by atoms with Crippen LogP contribution >= 0.6 is 11.3 Å². The molecular formula is C15H20N2O2S. The first kappa shape index (κ1) is 13.8. The van der Waals surface area contributed by atoms with Crippen molar-refractivity contribution in [1.82, 2.24) is 10.2 Å². The van der Waals surface area contributed by atoms with Crippen LogP contribution < -0.4 is 5.32 Å². The summed E-state index contributed by atoms with van der Waals surface area (Å²) in [5.41, 5.74) is 0.636. The maximum atomic E-state index is 12.5. The molecule has 0 spiro atoms. The molecule has 4 nitrogen and oxygen atoms in total. The van der Waals surface area contributed by atoms with E-state index in [0.717, 1.165) is 12.8 Å². The molecule has 108 valence electrons. The summed E-state index contributed by atoms with van der Waals surface area (Å²) in [4.78, 5) is 26.4. The van der Waals surface area contributed by atoms with Crippen LogP contribution in [0.5, 0.6) is 0 Å². The zero-order chi connectivity index (χ0) is 14.3. The summed E-state index contributed by atoms with van der Waals surface area (Å²) in [7, 11) is 1.89. The van der Waals surface area contributed by atoms with Gasteiger partial charge in [-0.15, -0.1) is 11.3 Å². The zero-order valence-electron chi connectivity index (χ0n) is 11.9. The molecule has 1 aromatic rings. The van der Waals surface area contributed by atoms with Crippen molar-refractivity contribution in [1.29, 1.82) is 0 Å². The highest BCUT2D eigenvalue weighted by molar-refractivity contribution is 7.12. The Morgan fingerprint density at radius 1 is 1.30 bits per heavy atom. The Morgan fingerprint density at radius 3 is 2.50 bits per heavy atom. The third-order valence-electron chi connectivity index (χ3n) is 4.53. The van der Waals surface area contributed by atoms with Crippen molar-refractivity contribution < 1.29 is 9.59 Å². The van der Waals surface area contributed by atoms with Gasteiger partial charge in [-0.05, 0) is 38.7 Å². The number of nitrogens with zero attached hydrogens (tertiary/aromatic N) is 1. The van der Waals surface area contributed by atoms with Crippen molar-refractivity contribution in [2.45, 2.75) is 50.7 Å². The predicted molar refractivity (Wildman–Crippen MR) is 79.4 cm³/mol. The Balaban J connectivity index is 1.71. The van der Waals surface area contributed by atoms with E-state index in [2.05, 4.69) is 5.32 Å². The number of hydrogen-bond acceptors (Lipinski definition) is 4. The van der Waals surface area contributed by atoms with Crippen LogP contribution in [0, 0.1) is 0 Å². The summed E-state index contributed by atoms with van der Waals surface area (Å²) < 4.78 is 0. The summed E-state index contributed by atoms with van der Waals surface area (Å²) in [5.74, 6) is 0.0664. The lowest BCUT2D eigenvalue weighted by Gasteiger charge is -2.35. The topological polar surface area (TPSA) is 49.4 Å². The minimum atomic E-state index is 0.0165. The van der Waals surface area contributed by atoms with E-state index in [4.69, 9.17) is 0 Å². The molecule has 20 heavy (non-hydrogen) atoms. The highest BCUT2D eigenvalue weighted by Gasteiger charge is 2.36. The van der Waals surface area contributed by atoms with E-state index < -0.39 is 0 Å². The number of nitrogens with one attached hydrogen (secondary N) is 1. The highest BCUT2D eigenvalue weighted by Crippen LogP contribution is 2.30. The number of Topliss-reactive ketones (excluding diaryl/α,β-unsaturated/α-hetero) is 1. The lowest BCUT2D eigenvalue weighted by atomic mass is 9.98. The van der Waals surface area contributed by atoms with Crippen molar-refractivity contribution in [3.8, 4) is 0 Å². The van der Waals surface area contributed by atoms with Crippen molar-refractivity contribution in [3.05, 3.63) is 21.9 Å². The molecule has 2 aliphatic heterocycles. The van der Waals surface area contributed by atoms with Crippen LogP contribution in [0.2, 0.25) is 0 Å². The minimum absolute atomic E-state index is 0.0165. The molecule has 5 heteroatoms. The van der Waals surface area contributed by atoms with Gasteiger partial charge < -0.3 is 10.2 Å². The zero-order valence-corrected chi connectivity index (χ0v) is 12.7. The molecule has 2 saturated heterocycles. The standard InChI is InChI=1S/C15H20N2O2S/c1-9(18)10-5-14(20-8-10)15(19)17(2)13-6-11-3-4-12(7-13)16-11/h5,8,11-13,16H,3-4,6-7H2,1-2H3. The number of carbonyl (C=O) groups is 2. The van der Waals surface area contributed by atoms with Crippen molar-refractivity contribution in [2.24, 2.45) is 0 Å². The number of piperidine rings is 1. The molecule has 2 aliphatic rings. The minimum Gasteiger partial charge on any atom is -0.338 e. The quantitative estimate of drug-likeness (QED) is 0.870. The van der Waals surface area contributed by atoms with Crippen molar-refractivity contribution >= 4 is 23.0 Å². The third kappa shape index (κ3) is 2.52. The lowest BCUT2D eigenvalue weighted by Crippen LogP contribution is -2.48. The molecule has 0 saturated carbocycles. The highest BCUT2D eigenvalue weighted by atomic mass is 32.1. The van der Waals surface area contributed by atoms with Crippen molar-refractivity contribution in [3.63, 3.8) is 0 Å². The Kier molecular flexibility index (Phi) is 3.65. The van der Waals surface area contributed by atoms with E-state index in [1.54, 1.807) is 11.4 Å². The third-order valence-corrected chi connectivity index (χ3v) is 5.45. The molecular weight excluding hydrogens is 272 g/mol. The fourth-order valence-corrected chi connectivity index (χ4v) is 4.24. The van der Waals surface area contributed by atoms with E-state index in [1.165, 1.54) is 31.1 Å². The first-order chi connectivity index (χ1) is 9.54. The van der Waals surface area contributed by atoms with Crippen LogP contribution in [0.4, 0.5) is 0 Å². The van der Waals surface area contributed by atoms with E-state index in [1.807, 2.05) is 11.9 Å². The van der Waals surface area contributed by atoms with Gasteiger partial charge in [-0.25, -0.2) is 0 Å². The normalized spacial score (nSPS) is 28.4. The van der Waals surface area contributed by atoms with Crippen LogP contribution in [0.25, 0.3) is 0 Å². The molecule has 1 N–H and O–H groups in total. The molecule has 0 radical (unpaired) electrons. The van der Waals surface area contributed by atoms with Crippen LogP contribution in [-0.2, 0) is 0 Å². The molecule has 2 atom stereocenters. The molecule has 2 bridgehead atoms. The summed E-state index contributed by atoms with van der Waals surface area (Å²) in [6.45, 7) is 1.53. The molecule has 0 aliphatic carbocycles. The summed E-state index contributed by atoms with van der Waals surface area (Å²) in [5, 5.41) is 5.37. The second kappa shape index (κ2) is 5.30. The van der Waals surface area contributed by atoms with Gasteiger partial charge in [0.05, 0.1) is 4.88 Å². The monoisotopic (exact) mass is 292 g/mol. The SMILES string of the molecule is CC(=O)c1csc(C(=O)N(C)C2CC3CCC(C2)N3)c1. The van der Waals surface area contributed by atoms with E-state index >= 15 is 0 Å². The maximum absolute atomic E-state index is 12.5. The number of rotatable bonds is 3. The average molecular weight is 292 g/mol. The van der Waals surface area contributed by atoms with Gasteiger partial charge in [0, 0.05) is 36.1 Å². The molecule has 3 rings (SSSR count). The smallest absolute Gasteiger partial charge is 0.263 e. The number of hydrogen-bond donors (Lipinski definition) is 1. The average Bonchev–Trinajstić information content (AvgIpc) is 3.04. The lowest BCUT2D eigenvalue weighted by molar-refractivity contribution is 0.0686. The predicted octanol–water partition coefficient (Wildman–Crippen LogP) is 2.31. The molecule has 0 aromatic carbocycles. The van der Waals surface area contributed by atoms with Gasteiger partial charge in [0.25, 0.3) is 5.91 Å².